The van der Waals surface area contributed by atoms with Crippen molar-refractivity contribution in [2.75, 3.05) is 6.54 Å². The third-order valence-corrected chi connectivity index (χ3v) is 4.46. The van der Waals surface area contributed by atoms with E-state index in [0.29, 0.717) is 19.6 Å². The van der Waals surface area contributed by atoms with Crippen LogP contribution >= 0.6 is 0 Å². The summed E-state index contributed by atoms with van der Waals surface area (Å²) in [5.41, 5.74) is 2.49. The van der Waals surface area contributed by atoms with Crippen molar-refractivity contribution in [3.8, 4) is 0 Å². The second-order valence-corrected chi connectivity index (χ2v) is 6.45. The first-order valence-corrected chi connectivity index (χ1v) is 8.63. The summed E-state index contributed by atoms with van der Waals surface area (Å²) >= 11 is 0. The quantitative estimate of drug-likeness (QED) is 0.797. The standard InChI is InChI=1S/C18H23N5O2/c1-13-5-7-14(8-6-13)11-20-18(25)16-12-23(22-21-16)10-9-19-17(24)15-3-2-4-15/h5-8,12,15H,2-4,9-11H2,1H3,(H,19,24)(H,20,25). The molecule has 25 heavy (non-hydrogen) atoms. The van der Waals surface area contributed by atoms with Crippen molar-refractivity contribution in [2.24, 2.45) is 5.92 Å². The molecule has 7 nitrogen and oxygen atoms in total. The van der Waals surface area contributed by atoms with Crippen LogP contribution in [-0.4, -0.2) is 33.4 Å². The number of nitrogens with one attached hydrogen (secondary N) is 2. The van der Waals surface area contributed by atoms with Crippen molar-refractivity contribution in [1.29, 1.82) is 0 Å². The van der Waals surface area contributed by atoms with Crippen LogP contribution in [0.4, 0.5) is 0 Å². The average molecular weight is 341 g/mol. The largest absolute Gasteiger partial charge is 0.354 e. The highest BCUT2D eigenvalue weighted by Crippen LogP contribution is 2.25. The zero-order valence-electron chi connectivity index (χ0n) is 14.4. The van der Waals surface area contributed by atoms with Gasteiger partial charge in [-0.05, 0) is 25.3 Å². The summed E-state index contributed by atoms with van der Waals surface area (Å²) in [5, 5.41) is 13.5. The average Bonchev–Trinajstić information content (AvgIpc) is 3.01. The maximum Gasteiger partial charge on any atom is 0.273 e. The molecule has 2 aromatic rings. The Labute approximate surface area is 146 Å². The smallest absolute Gasteiger partial charge is 0.273 e. The van der Waals surface area contributed by atoms with E-state index in [1.54, 1.807) is 10.9 Å². The number of hydrogen-bond donors (Lipinski definition) is 2. The summed E-state index contributed by atoms with van der Waals surface area (Å²) in [6, 6.07) is 7.99. The Morgan fingerprint density at radius 3 is 2.64 bits per heavy atom. The number of amides is 2. The second kappa shape index (κ2) is 7.92. The van der Waals surface area contributed by atoms with E-state index < -0.39 is 0 Å². The predicted octanol–water partition coefficient (Wildman–Crippen LogP) is 1.43. The molecule has 0 saturated heterocycles. The van der Waals surface area contributed by atoms with Gasteiger partial charge in [0.15, 0.2) is 5.69 Å². The molecule has 0 unspecified atom stereocenters. The van der Waals surface area contributed by atoms with Crippen LogP contribution in [0.3, 0.4) is 0 Å². The van der Waals surface area contributed by atoms with Gasteiger partial charge in [-0.3, -0.25) is 9.59 Å². The first-order valence-electron chi connectivity index (χ1n) is 8.63. The number of carbonyl (C=O) groups excluding carboxylic acids is 2. The molecule has 3 rings (SSSR count). The lowest BCUT2D eigenvalue weighted by molar-refractivity contribution is -0.127. The fraction of sp³-hybridized carbons (Fsp3) is 0.444. The minimum Gasteiger partial charge on any atom is -0.354 e. The lowest BCUT2D eigenvalue weighted by Gasteiger charge is -2.23. The third-order valence-electron chi connectivity index (χ3n) is 4.46. The van der Waals surface area contributed by atoms with Gasteiger partial charge in [-0.15, -0.1) is 5.10 Å². The zero-order valence-corrected chi connectivity index (χ0v) is 14.4. The highest BCUT2D eigenvalue weighted by Gasteiger charge is 2.24. The van der Waals surface area contributed by atoms with Crippen molar-refractivity contribution < 1.29 is 9.59 Å². The first-order chi connectivity index (χ1) is 12.1. The van der Waals surface area contributed by atoms with E-state index in [4.69, 9.17) is 0 Å². The fourth-order valence-corrected chi connectivity index (χ4v) is 2.60. The number of aromatic nitrogens is 3. The Morgan fingerprint density at radius 2 is 1.96 bits per heavy atom. The summed E-state index contributed by atoms with van der Waals surface area (Å²) in [5.74, 6) is 0.0339. The molecule has 2 N–H and O–H groups in total. The molecule has 1 aliphatic rings. The molecule has 0 radical (unpaired) electrons. The highest BCUT2D eigenvalue weighted by atomic mass is 16.2. The Balaban J connectivity index is 1.42. The van der Waals surface area contributed by atoms with Crippen molar-refractivity contribution in [2.45, 2.75) is 39.3 Å². The van der Waals surface area contributed by atoms with Crippen molar-refractivity contribution in [3.05, 3.63) is 47.3 Å². The third kappa shape index (κ3) is 4.65. The van der Waals surface area contributed by atoms with E-state index >= 15 is 0 Å². The van der Waals surface area contributed by atoms with E-state index in [0.717, 1.165) is 24.8 Å². The van der Waals surface area contributed by atoms with Crippen LogP contribution in [0.5, 0.6) is 0 Å². The van der Waals surface area contributed by atoms with Gasteiger partial charge in [-0.25, -0.2) is 4.68 Å². The summed E-state index contributed by atoms with van der Waals surface area (Å²) in [7, 11) is 0. The molecule has 1 aromatic heterocycles. The molecule has 0 aliphatic heterocycles. The maximum absolute atomic E-state index is 12.1. The molecule has 0 spiro atoms. The number of rotatable bonds is 7. The summed E-state index contributed by atoms with van der Waals surface area (Å²) in [6.45, 7) is 3.46. The van der Waals surface area contributed by atoms with Crippen LogP contribution in [0.15, 0.2) is 30.5 Å². The van der Waals surface area contributed by atoms with Gasteiger partial charge >= 0.3 is 0 Å². The Morgan fingerprint density at radius 1 is 1.20 bits per heavy atom. The van der Waals surface area contributed by atoms with Crippen LogP contribution in [0, 0.1) is 12.8 Å². The fourth-order valence-electron chi connectivity index (χ4n) is 2.60. The molecular formula is C18H23N5O2. The summed E-state index contributed by atoms with van der Waals surface area (Å²) < 4.78 is 1.57. The molecule has 0 atom stereocenters. The monoisotopic (exact) mass is 341 g/mol. The SMILES string of the molecule is Cc1ccc(CNC(=O)c2cn(CCNC(=O)C3CCC3)nn2)cc1. The highest BCUT2D eigenvalue weighted by molar-refractivity contribution is 5.91. The Kier molecular flexibility index (Phi) is 5.42. The van der Waals surface area contributed by atoms with E-state index in [2.05, 4.69) is 20.9 Å². The number of benzene rings is 1. The van der Waals surface area contributed by atoms with Gasteiger partial charge in [-0.2, -0.15) is 0 Å². The van der Waals surface area contributed by atoms with Crippen LogP contribution in [-0.2, 0) is 17.9 Å². The number of aryl methyl sites for hydroxylation is 1. The minimum absolute atomic E-state index is 0.113. The van der Waals surface area contributed by atoms with Gasteiger partial charge in [0.1, 0.15) is 0 Å². The molecule has 7 heteroatoms. The van der Waals surface area contributed by atoms with Crippen LogP contribution in [0.25, 0.3) is 0 Å². The number of hydrogen-bond acceptors (Lipinski definition) is 4. The molecule has 132 valence electrons. The number of carbonyl (C=O) groups is 2. The predicted molar refractivity (Wildman–Crippen MR) is 92.7 cm³/mol. The van der Waals surface area contributed by atoms with Gasteiger partial charge in [0.05, 0.1) is 12.7 Å². The topological polar surface area (TPSA) is 88.9 Å². The molecular weight excluding hydrogens is 318 g/mol. The second-order valence-electron chi connectivity index (χ2n) is 6.45. The zero-order chi connectivity index (χ0) is 17.6. The normalized spacial score (nSPS) is 14.0. The molecule has 1 saturated carbocycles. The van der Waals surface area contributed by atoms with Gasteiger partial charge in [-0.1, -0.05) is 41.5 Å². The van der Waals surface area contributed by atoms with E-state index in [-0.39, 0.29) is 23.4 Å². The summed E-state index contributed by atoms with van der Waals surface area (Å²) in [6.07, 6.45) is 4.71. The Bertz CT molecular complexity index is 734. The van der Waals surface area contributed by atoms with Gasteiger partial charge in [0.25, 0.3) is 5.91 Å². The van der Waals surface area contributed by atoms with Crippen molar-refractivity contribution in [3.63, 3.8) is 0 Å². The lowest BCUT2D eigenvalue weighted by atomic mass is 9.85. The lowest BCUT2D eigenvalue weighted by Crippen LogP contribution is -2.36. The summed E-state index contributed by atoms with van der Waals surface area (Å²) in [4.78, 5) is 23.9. The van der Waals surface area contributed by atoms with Crippen molar-refractivity contribution in [1.82, 2.24) is 25.6 Å². The van der Waals surface area contributed by atoms with Crippen LogP contribution in [0.2, 0.25) is 0 Å². The van der Waals surface area contributed by atoms with Crippen molar-refractivity contribution >= 4 is 11.8 Å². The first kappa shape index (κ1) is 17.1. The van der Waals surface area contributed by atoms with Gasteiger partial charge in [0, 0.05) is 19.0 Å². The maximum atomic E-state index is 12.1. The number of nitrogens with zero attached hydrogens (tertiary/aromatic N) is 3. The van der Waals surface area contributed by atoms with Gasteiger partial charge < -0.3 is 10.6 Å². The molecule has 1 heterocycles. The molecule has 1 aromatic carbocycles. The minimum atomic E-state index is -0.259. The van der Waals surface area contributed by atoms with Crippen LogP contribution < -0.4 is 10.6 Å². The van der Waals surface area contributed by atoms with E-state index in [1.807, 2.05) is 31.2 Å². The molecule has 1 fully saturated rings. The van der Waals surface area contributed by atoms with E-state index in [9.17, 15) is 9.59 Å². The molecule has 1 aliphatic carbocycles. The van der Waals surface area contributed by atoms with Crippen LogP contribution in [0.1, 0.15) is 40.9 Å². The Hall–Kier alpha value is -2.70. The van der Waals surface area contributed by atoms with Gasteiger partial charge in [0.2, 0.25) is 5.91 Å². The molecule has 0 bridgehead atoms. The van der Waals surface area contributed by atoms with E-state index in [1.165, 1.54) is 5.56 Å². The molecule has 2 amide bonds.